The number of halogens is 3. The molecule has 0 atom stereocenters. The lowest BCUT2D eigenvalue weighted by molar-refractivity contribution is -0.170. The molecule has 1 aliphatic heterocycles. The minimum Gasteiger partial charge on any atom is -0.462 e. The van der Waals surface area contributed by atoms with Gasteiger partial charge in [-0.25, -0.2) is 4.79 Å². The van der Waals surface area contributed by atoms with Crippen LogP contribution in [0.2, 0.25) is 0 Å². The fraction of sp³-hybridized carbons (Fsp3) is 0.529. The van der Waals surface area contributed by atoms with Crippen LogP contribution >= 0.6 is 0 Å². The molecule has 144 valence electrons. The number of hydrogen-bond acceptors (Lipinski definition) is 5. The summed E-state index contributed by atoms with van der Waals surface area (Å²) < 4.78 is 48.5. The van der Waals surface area contributed by atoms with Crippen LogP contribution in [-0.4, -0.2) is 58.0 Å². The highest BCUT2D eigenvalue weighted by atomic mass is 19.4. The maximum atomic E-state index is 12.7. The van der Waals surface area contributed by atoms with Crippen LogP contribution in [0.15, 0.2) is 18.2 Å². The van der Waals surface area contributed by atoms with Gasteiger partial charge in [0.2, 0.25) is 0 Å². The molecule has 1 aromatic carbocycles. The van der Waals surface area contributed by atoms with E-state index in [1.165, 1.54) is 18.2 Å². The van der Waals surface area contributed by atoms with E-state index in [-0.39, 0.29) is 17.9 Å². The van der Waals surface area contributed by atoms with Crippen molar-refractivity contribution in [3.8, 4) is 0 Å². The smallest absolute Gasteiger partial charge is 0.462 e. The lowest BCUT2D eigenvalue weighted by Gasteiger charge is -2.31. The summed E-state index contributed by atoms with van der Waals surface area (Å²) in [4.78, 5) is 26.2. The molecule has 0 saturated carbocycles. The molecule has 1 aromatic rings. The Bertz CT molecular complexity index is 658. The minimum atomic E-state index is -5.00. The highest BCUT2D eigenvalue weighted by Crippen LogP contribution is 2.29. The molecule has 9 heteroatoms. The van der Waals surface area contributed by atoms with Gasteiger partial charge in [0.15, 0.2) is 0 Å². The quantitative estimate of drug-likeness (QED) is 0.742. The Labute approximate surface area is 149 Å². The monoisotopic (exact) mass is 374 g/mol. The molecule has 1 heterocycles. The first-order valence-corrected chi connectivity index (χ1v) is 8.24. The standard InChI is InChI=1S/C17H21F3N2O4/c1-3-8-26-15(23)13-11-12(21(2)16(24)17(18,19)20)4-5-14(13)22-6-9-25-10-7-22/h4-5,11H,3,6-10H2,1-2H3. The summed E-state index contributed by atoms with van der Waals surface area (Å²) in [5.74, 6) is -2.65. The van der Waals surface area contributed by atoms with Crippen LogP contribution in [-0.2, 0) is 14.3 Å². The van der Waals surface area contributed by atoms with Crippen LogP contribution in [0.1, 0.15) is 23.7 Å². The van der Waals surface area contributed by atoms with E-state index >= 15 is 0 Å². The summed E-state index contributed by atoms with van der Waals surface area (Å²) in [6.45, 7) is 4.09. The number of rotatable bonds is 5. The van der Waals surface area contributed by atoms with Gasteiger partial charge in [0.05, 0.1) is 31.1 Å². The van der Waals surface area contributed by atoms with Crippen LogP contribution in [0.3, 0.4) is 0 Å². The molecule has 1 aliphatic rings. The SMILES string of the molecule is CCCOC(=O)c1cc(N(C)C(=O)C(F)(F)F)ccc1N1CCOCC1. The molecular formula is C17H21F3N2O4. The van der Waals surface area contributed by atoms with Crippen molar-refractivity contribution in [1.82, 2.24) is 0 Å². The first-order valence-electron chi connectivity index (χ1n) is 8.24. The second-order valence-electron chi connectivity index (χ2n) is 5.80. The Morgan fingerprint density at radius 3 is 2.50 bits per heavy atom. The number of anilines is 2. The lowest BCUT2D eigenvalue weighted by atomic mass is 10.1. The maximum Gasteiger partial charge on any atom is 0.471 e. The van der Waals surface area contributed by atoms with Crippen LogP contribution in [0.4, 0.5) is 24.5 Å². The number of carbonyl (C=O) groups excluding carboxylic acids is 2. The number of morpholine rings is 1. The molecule has 1 fully saturated rings. The number of esters is 1. The fourth-order valence-electron chi connectivity index (χ4n) is 2.56. The van der Waals surface area contributed by atoms with E-state index in [1.54, 1.807) is 0 Å². The number of hydrogen-bond donors (Lipinski definition) is 0. The van der Waals surface area contributed by atoms with Crippen molar-refractivity contribution < 1.29 is 32.2 Å². The van der Waals surface area contributed by atoms with Gasteiger partial charge >= 0.3 is 18.1 Å². The summed E-state index contributed by atoms with van der Waals surface area (Å²) in [6, 6.07) is 4.17. The molecule has 2 rings (SSSR count). The third kappa shape index (κ3) is 4.66. The van der Waals surface area contributed by atoms with Crippen molar-refractivity contribution in [3.05, 3.63) is 23.8 Å². The Morgan fingerprint density at radius 1 is 1.27 bits per heavy atom. The normalized spacial score (nSPS) is 14.9. The van der Waals surface area contributed by atoms with Gasteiger partial charge in [-0.1, -0.05) is 6.92 Å². The predicted molar refractivity (Wildman–Crippen MR) is 89.5 cm³/mol. The van der Waals surface area contributed by atoms with E-state index < -0.39 is 18.1 Å². The van der Waals surface area contributed by atoms with Crippen molar-refractivity contribution in [2.24, 2.45) is 0 Å². The molecule has 1 amide bonds. The van der Waals surface area contributed by atoms with Gasteiger partial charge in [-0.15, -0.1) is 0 Å². The summed E-state index contributed by atoms with van der Waals surface area (Å²) >= 11 is 0. The van der Waals surface area contributed by atoms with Gasteiger partial charge in [-0.3, -0.25) is 4.79 Å². The molecule has 0 bridgehead atoms. The third-order valence-corrected chi connectivity index (χ3v) is 3.92. The Kier molecular flexibility index (Phi) is 6.47. The molecule has 26 heavy (non-hydrogen) atoms. The third-order valence-electron chi connectivity index (χ3n) is 3.92. The average molecular weight is 374 g/mol. The second kappa shape index (κ2) is 8.39. The van der Waals surface area contributed by atoms with Crippen LogP contribution in [0.25, 0.3) is 0 Å². The first kappa shape index (κ1) is 20.0. The number of alkyl halides is 3. The summed E-state index contributed by atoms with van der Waals surface area (Å²) in [7, 11) is 1.01. The number of nitrogens with zero attached hydrogens (tertiary/aromatic N) is 2. The van der Waals surface area contributed by atoms with Crippen molar-refractivity contribution in [2.45, 2.75) is 19.5 Å². The largest absolute Gasteiger partial charge is 0.471 e. The molecule has 6 nitrogen and oxygen atoms in total. The van der Waals surface area contributed by atoms with Crippen LogP contribution < -0.4 is 9.80 Å². The van der Waals surface area contributed by atoms with Gasteiger partial charge in [-0.2, -0.15) is 13.2 Å². The topological polar surface area (TPSA) is 59.1 Å². The average Bonchev–Trinajstić information content (AvgIpc) is 2.64. The Hall–Kier alpha value is -2.29. The molecule has 0 aliphatic carbocycles. The molecule has 0 spiro atoms. The number of benzene rings is 1. The molecular weight excluding hydrogens is 353 g/mol. The van der Waals surface area contributed by atoms with E-state index in [0.717, 1.165) is 7.05 Å². The van der Waals surface area contributed by atoms with Gasteiger partial charge in [0, 0.05) is 25.8 Å². The highest BCUT2D eigenvalue weighted by molar-refractivity contribution is 6.01. The fourth-order valence-corrected chi connectivity index (χ4v) is 2.56. The van der Waals surface area contributed by atoms with E-state index in [4.69, 9.17) is 9.47 Å². The van der Waals surface area contributed by atoms with E-state index in [1.807, 2.05) is 11.8 Å². The lowest BCUT2D eigenvalue weighted by Crippen LogP contribution is -2.39. The first-order chi connectivity index (χ1) is 12.3. The summed E-state index contributed by atoms with van der Waals surface area (Å²) in [5.41, 5.74) is 0.637. The molecule has 0 unspecified atom stereocenters. The molecule has 1 saturated heterocycles. The van der Waals surface area contributed by atoms with Gasteiger partial charge in [-0.05, 0) is 24.6 Å². The minimum absolute atomic E-state index is 0.0345. The molecule has 0 aromatic heterocycles. The zero-order chi connectivity index (χ0) is 19.3. The van der Waals surface area contributed by atoms with Crippen molar-refractivity contribution in [2.75, 3.05) is 49.8 Å². The second-order valence-corrected chi connectivity index (χ2v) is 5.80. The van der Waals surface area contributed by atoms with Crippen molar-refractivity contribution in [1.29, 1.82) is 0 Å². The van der Waals surface area contributed by atoms with E-state index in [9.17, 15) is 22.8 Å². The zero-order valence-corrected chi connectivity index (χ0v) is 14.6. The maximum absolute atomic E-state index is 12.7. The Morgan fingerprint density at radius 2 is 1.92 bits per heavy atom. The van der Waals surface area contributed by atoms with Gasteiger partial charge in [0.1, 0.15) is 0 Å². The van der Waals surface area contributed by atoms with Crippen molar-refractivity contribution in [3.63, 3.8) is 0 Å². The Balaban J connectivity index is 2.37. The van der Waals surface area contributed by atoms with Crippen LogP contribution in [0.5, 0.6) is 0 Å². The highest BCUT2D eigenvalue weighted by Gasteiger charge is 2.42. The number of ether oxygens (including phenoxy) is 2. The molecule has 0 radical (unpaired) electrons. The summed E-state index contributed by atoms with van der Waals surface area (Å²) in [6.07, 6.45) is -4.38. The number of carbonyl (C=O) groups is 2. The van der Waals surface area contributed by atoms with Crippen LogP contribution in [0, 0.1) is 0 Å². The summed E-state index contributed by atoms with van der Waals surface area (Å²) in [5, 5.41) is 0. The van der Waals surface area contributed by atoms with Crippen molar-refractivity contribution >= 4 is 23.3 Å². The van der Waals surface area contributed by atoms with Gasteiger partial charge in [0.25, 0.3) is 0 Å². The number of amides is 1. The molecule has 0 N–H and O–H groups in total. The zero-order valence-electron chi connectivity index (χ0n) is 14.6. The van der Waals surface area contributed by atoms with E-state index in [2.05, 4.69) is 0 Å². The van der Waals surface area contributed by atoms with Gasteiger partial charge < -0.3 is 19.3 Å². The predicted octanol–water partition coefficient (Wildman–Crippen LogP) is 2.62. The van der Waals surface area contributed by atoms with E-state index in [0.29, 0.717) is 43.3 Å².